The fourth-order valence-electron chi connectivity index (χ4n) is 1.95. The predicted molar refractivity (Wildman–Crippen MR) is 67.7 cm³/mol. The highest BCUT2D eigenvalue weighted by molar-refractivity contribution is 5.28. The summed E-state index contributed by atoms with van der Waals surface area (Å²) in [6.45, 7) is 1.38. The van der Waals surface area contributed by atoms with E-state index >= 15 is 0 Å². The zero-order chi connectivity index (χ0) is 15.2. The summed E-state index contributed by atoms with van der Waals surface area (Å²) in [6, 6.07) is -0.171. The summed E-state index contributed by atoms with van der Waals surface area (Å²) in [7, 11) is 3.29. The van der Waals surface area contributed by atoms with Crippen molar-refractivity contribution in [3.8, 4) is 5.75 Å². The Morgan fingerprint density at radius 1 is 1.45 bits per heavy atom. The van der Waals surface area contributed by atoms with E-state index < -0.39 is 12.8 Å². The lowest BCUT2D eigenvalue weighted by Gasteiger charge is -2.19. The van der Waals surface area contributed by atoms with Crippen LogP contribution in [0.3, 0.4) is 0 Å². The third kappa shape index (κ3) is 5.01. The molecular formula is C12H20F3N3O2. The zero-order valence-electron chi connectivity index (χ0n) is 11.8. The van der Waals surface area contributed by atoms with Crippen molar-refractivity contribution in [2.75, 3.05) is 26.9 Å². The molecule has 1 unspecified atom stereocenters. The van der Waals surface area contributed by atoms with Gasteiger partial charge in [0.25, 0.3) is 0 Å². The van der Waals surface area contributed by atoms with E-state index in [4.69, 9.17) is 4.74 Å². The number of aryl methyl sites for hydroxylation is 1. The van der Waals surface area contributed by atoms with E-state index in [1.807, 2.05) is 6.92 Å². The summed E-state index contributed by atoms with van der Waals surface area (Å²) in [5.41, 5.74) is 0.796. The average Bonchev–Trinajstić information content (AvgIpc) is 2.73. The molecule has 0 aliphatic rings. The Morgan fingerprint density at radius 2 is 2.15 bits per heavy atom. The van der Waals surface area contributed by atoms with Crippen molar-refractivity contribution in [1.29, 1.82) is 0 Å². The molecule has 0 aromatic carbocycles. The lowest BCUT2D eigenvalue weighted by molar-refractivity contribution is -0.174. The van der Waals surface area contributed by atoms with Crippen molar-refractivity contribution < 1.29 is 22.6 Å². The molecule has 0 spiro atoms. The monoisotopic (exact) mass is 295 g/mol. The minimum Gasteiger partial charge on any atom is -0.493 e. The van der Waals surface area contributed by atoms with Crippen LogP contribution in [0.25, 0.3) is 0 Å². The number of hydrogen-bond donors (Lipinski definition) is 1. The molecule has 1 aromatic rings. The number of hydrogen-bond acceptors (Lipinski definition) is 4. The van der Waals surface area contributed by atoms with Gasteiger partial charge in [0.15, 0.2) is 5.75 Å². The number of nitrogens with zero attached hydrogens (tertiary/aromatic N) is 2. The number of aromatic nitrogens is 2. The number of rotatable bonds is 8. The molecule has 0 aliphatic carbocycles. The molecule has 0 saturated heterocycles. The van der Waals surface area contributed by atoms with E-state index in [9.17, 15) is 13.2 Å². The van der Waals surface area contributed by atoms with Crippen molar-refractivity contribution in [2.24, 2.45) is 7.05 Å². The largest absolute Gasteiger partial charge is 0.493 e. The van der Waals surface area contributed by atoms with Gasteiger partial charge in [-0.15, -0.1) is 0 Å². The van der Waals surface area contributed by atoms with Crippen LogP contribution in [0, 0.1) is 0 Å². The lowest BCUT2D eigenvalue weighted by Crippen LogP contribution is -2.26. The smallest absolute Gasteiger partial charge is 0.411 e. The van der Waals surface area contributed by atoms with Crippen molar-refractivity contribution >= 4 is 0 Å². The Labute approximate surface area is 116 Å². The van der Waals surface area contributed by atoms with Crippen molar-refractivity contribution in [3.63, 3.8) is 0 Å². The second-order valence-corrected chi connectivity index (χ2v) is 4.29. The molecule has 116 valence electrons. The summed E-state index contributed by atoms with van der Waals surface area (Å²) in [4.78, 5) is 0. The first-order chi connectivity index (χ1) is 9.39. The minimum absolute atomic E-state index is 0.00547. The van der Waals surface area contributed by atoms with E-state index in [0.29, 0.717) is 18.7 Å². The third-order valence-corrected chi connectivity index (χ3v) is 2.77. The summed E-state index contributed by atoms with van der Waals surface area (Å²) in [6.07, 6.45) is -2.31. The van der Waals surface area contributed by atoms with Crippen molar-refractivity contribution in [1.82, 2.24) is 15.1 Å². The van der Waals surface area contributed by atoms with Gasteiger partial charge in [0, 0.05) is 13.7 Å². The zero-order valence-corrected chi connectivity index (χ0v) is 11.8. The standard InChI is InChI=1S/C12H20F3N3O2/c1-4-16-9(5-6-20-8-12(13,14)15)11-10(19-3)7-17-18(11)2/h7,9,16H,4-6,8H2,1-3H3. The van der Waals surface area contributed by atoms with Gasteiger partial charge in [-0.3, -0.25) is 4.68 Å². The number of alkyl halides is 3. The maximum atomic E-state index is 12.0. The fraction of sp³-hybridized carbons (Fsp3) is 0.750. The lowest BCUT2D eigenvalue weighted by atomic mass is 10.1. The Hall–Kier alpha value is -1.28. The van der Waals surface area contributed by atoms with Gasteiger partial charge < -0.3 is 14.8 Å². The Morgan fingerprint density at radius 3 is 2.70 bits per heavy atom. The van der Waals surface area contributed by atoms with Crippen LogP contribution in [-0.2, 0) is 11.8 Å². The molecule has 0 bridgehead atoms. The summed E-state index contributed by atoms with van der Waals surface area (Å²) >= 11 is 0. The first kappa shape index (κ1) is 16.8. The molecular weight excluding hydrogens is 275 g/mol. The molecule has 0 amide bonds. The van der Waals surface area contributed by atoms with Crippen LogP contribution in [0.1, 0.15) is 25.1 Å². The summed E-state index contributed by atoms with van der Waals surface area (Å²) < 4.78 is 47.5. The first-order valence-electron chi connectivity index (χ1n) is 6.32. The third-order valence-electron chi connectivity index (χ3n) is 2.77. The maximum absolute atomic E-state index is 12.0. The van der Waals surface area contributed by atoms with Crippen LogP contribution in [0.4, 0.5) is 13.2 Å². The summed E-state index contributed by atoms with van der Waals surface area (Å²) in [5.74, 6) is 0.606. The molecule has 1 rings (SSSR count). The molecule has 1 heterocycles. The molecule has 0 saturated carbocycles. The van der Waals surface area contributed by atoms with Crippen LogP contribution in [-0.4, -0.2) is 42.8 Å². The highest BCUT2D eigenvalue weighted by Gasteiger charge is 2.27. The van der Waals surface area contributed by atoms with E-state index in [-0.39, 0.29) is 12.6 Å². The Bertz CT molecular complexity index is 407. The number of ether oxygens (including phenoxy) is 2. The van der Waals surface area contributed by atoms with E-state index in [2.05, 4.69) is 15.2 Å². The van der Waals surface area contributed by atoms with Gasteiger partial charge in [-0.2, -0.15) is 18.3 Å². The molecule has 5 nitrogen and oxygen atoms in total. The minimum atomic E-state index is -4.29. The molecule has 0 aliphatic heterocycles. The predicted octanol–water partition coefficient (Wildman–Crippen LogP) is 2.05. The second-order valence-electron chi connectivity index (χ2n) is 4.29. The number of nitrogens with one attached hydrogen (secondary N) is 1. The molecule has 20 heavy (non-hydrogen) atoms. The highest BCUT2D eigenvalue weighted by Crippen LogP contribution is 2.26. The van der Waals surface area contributed by atoms with Crippen LogP contribution in [0.2, 0.25) is 0 Å². The van der Waals surface area contributed by atoms with Gasteiger partial charge in [-0.05, 0) is 13.0 Å². The van der Waals surface area contributed by atoms with Gasteiger partial charge in [0.2, 0.25) is 0 Å². The van der Waals surface area contributed by atoms with E-state index in [1.54, 1.807) is 17.9 Å². The van der Waals surface area contributed by atoms with Gasteiger partial charge in [-0.1, -0.05) is 6.92 Å². The van der Waals surface area contributed by atoms with Gasteiger partial charge >= 0.3 is 6.18 Å². The summed E-state index contributed by atoms with van der Waals surface area (Å²) in [5, 5.41) is 7.29. The molecule has 8 heteroatoms. The van der Waals surface area contributed by atoms with Gasteiger partial charge in [0.05, 0.1) is 25.0 Å². The van der Waals surface area contributed by atoms with Crippen LogP contribution in [0.5, 0.6) is 5.75 Å². The first-order valence-corrected chi connectivity index (χ1v) is 6.32. The number of methoxy groups -OCH3 is 1. The SMILES string of the molecule is CCNC(CCOCC(F)(F)F)c1c(OC)cnn1C. The number of halogens is 3. The van der Waals surface area contributed by atoms with Gasteiger partial charge in [-0.25, -0.2) is 0 Å². The maximum Gasteiger partial charge on any atom is 0.411 e. The average molecular weight is 295 g/mol. The topological polar surface area (TPSA) is 48.3 Å². The molecule has 0 radical (unpaired) electrons. The quantitative estimate of drug-likeness (QED) is 0.746. The van der Waals surface area contributed by atoms with E-state index in [1.165, 1.54) is 7.11 Å². The molecule has 1 atom stereocenters. The highest BCUT2D eigenvalue weighted by atomic mass is 19.4. The van der Waals surface area contributed by atoms with Crippen molar-refractivity contribution in [3.05, 3.63) is 11.9 Å². The van der Waals surface area contributed by atoms with Crippen molar-refractivity contribution in [2.45, 2.75) is 25.6 Å². The Kier molecular flexibility index (Phi) is 6.28. The van der Waals surface area contributed by atoms with Crippen LogP contribution >= 0.6 is 0 Å². The van der Waals surface area contributed by atoms with Gasteiger partial charge in [0.1, 0.15) is 6.61 Å². The molecule has 1 aromatic heterocycles. The Balaban J connectivity index is 2.62. The fourth-order valence-corrected chi connectivity index (χ4v) is 1.95. The molecule has 0 fully saturated rings. The second kappa shape index (κ2) is 7.49. The van der Waals surface area contributed by atoms with Crippen LogP contribution in [0.15, 0.2) is 6.20 Å². The normalized spacial score (nSPS) is 13.5. The van der Waals surface area contributed by atoms with Crippen LogP contribution < -0.4 is 10.1 Å². The van der Waals surface area contributed by atoms with E-state index in [0.717, 1.165) is 5.69 Å². The molecule has 1 N–H and O–H groups in total.